The maximum Gasteiger partial charge on any atom is 0.0644 e. The van der Waals surface area contributed by atoms with Crippen LogP contribution in [0.1, 0.15) is 48.7 Å². The third kappa shape index (κ3) is 1.87. The third-order valence-corrected chi connectivity index (χ3v) is 3.93. The van der Waals surface area contributed by atoms with Crippen molar-refractivity contribution in [3.63, 3.8) is 0 Å². The molecule has 0 bridgehead atoms. The van der Waals surface area contributed by atoms with Crippen molar-refractivity contribution in [3.05, 3.63) is 17.0 Å². The average molecular weight is 222 g/mol. The number of hydrogen-bond acceptors (Lipinski definition) is 3. The topological polar surface area (TPSA) is 55.9 Å². The van der Waals surface area contributed by atoms with Gasteiger partial charge in [0.15, 0.2) is 0 Å². The molecule has 1 aromatic heterocycles. The lowest BCUT2D eigenvalue weighted by atomic mass is 9.91. The van der Waals surface area contributed by atoms with Gasteiger partial charge in [-0.1, -0.05) is 12.8 Å². The van der Waals surface area contributed by atoms with Crippen molar-refractivity contribution >= 4 is 0 Å². The van der Waals surface area contributed by atoms with Gasteiger partial charge in [-0.25, -0.2) is 0 Å². The van der Waals surface area contributed by atoms with Crippen LogP contribution in [-0.2, 0) is 7.05 Å². The predicted octanol–water partition coefficient (Wildman–Crippen LogP) is 1.73. The normalized spacial score (nSPS) is 19.2. The van der Waals surface area contributed by atoms with Crippen LogP contribution in [0, 0.1) is 19.8 Å². The first-order chi connectivity index (χ1) is 7.65. The lowest BCUT2D eigenvalue weighted by Crippen LogP contribution is -2.33. The zero-order valence-corrected chi connectivity index (χ0v) is 10.5. The molecular weight excluding hydrogens is 200 g/mol. The van der Waals surface area contributed by atoms with Crippen LogP contribution in [0.5, 0.6) is 0 Å². The molecule has 0 spiro atoms. The van der Waals surface area contributed by atoms with Crippen molar-refractivity contribution in [2.45, 2.75) is 45.6 Å². The first-order valence-electron chi connectivity index (χ1n) is 6.11. The number of nitrogens with one attached hydrogen (secondary N) is 1. The fraction of sp³-hybridized carbons (Fsp3) is 0.750. The van der Waals surface area contributed by atoms with E-state index in [4.69, 9.17) is 5.84 Å². The van der Waals surface area contributed by atoms with E-state index >= 15 is 0 Å². The summed E-state index contributed by atoms with van der Waals surface area (Å²) in [6.07, 6.45) is 5.23. The minimum Gasteiger partial charge on any atom is -0.272 e. The molecule has 0 amide bonds. The Morgan fingerprint density at radius 1 is 1.38 bits per heavy atom. The van der Waals surface area contributed by atoms with E-state index in [1.807, 2.05) is 11.7 Å². The van der Waals surface area contributed by atoms with Crippen LogP contribution in [0.25, 0.3) is 0 Å². The second-order valence-electron chi connectivity index (χ2n) is 4.90. The van der Waals surface area contributed by atoms with Crippen LogP contribution in [0.15, 0.2) is 0 Å². The van der Waals surface area contributed by atoms with Gasteiger partial charge in [0.2, 0.25) is 0 Å². The molecule has 4 nitrogen and oxygen atoms in total. The molecule has 1 heterocycles. The van der Waals surface area contributed by atoms with Crippen LogP contribution in [0.3, 0.4) is 0 Å². The molecule has 0 saturated heterocycles. The van der Waals surface area contributed by atoms with Gasteiger partial charge in [-0.15, -0.1) is 0 Å². The Kier molecular flexibility index (Phi) is 3.30. The van der Waals surface area contributed by atoms with E-state index in [1.165, 1.54) is 36.9 Å². The molecule has 0 aliphatic heterocycles. The average Bonchev–Trinajstić information content (AvgIpc) is 2.84. The van der Waals surface area contributed by atoms with Gasteiger partial charge in [0.25, 0.3) is 0 Å². The number of hydrogen-bond donors (Lipinski definition) is 2. The summed E-state index contributed by atoms with van der Waals surface area (Å²) in [7, 11) is 1.99. The van der Waals surface area contributed by atoms with Gasteiger partial charge in [0, 0.05) is 18.3 Å². The third-order valence-electron chi connectivity index (χ3n) is 3.93. The summed E-state index contributed by atoms with van der Waals surface area (Å²) in [5, 5.41) is 4.47. The second kappa shape index (κ2) is 4.55. The Morgan fingerprint density at radius 3 is 2.44 bits per heavy atom. The molecule has 1 saturated carbocycles. The molecule has 1 aliphatic rings. The molecule has 1 aromatic rings. The Hall–Kier alpha value is -0.870. The zero-order chi connectivity index (χ0) is 11.7. The molecule has 1 fully saturated rings. The van der Waals surface area contributed by atoms with Gasteiger partial charge in [-0.05, 0) is 32.6 Å². The fourth-order valence-corrected chi connectivity index (χ4v) is 2.99. The van der Waals surface area contributed by atoms with Crippen molar-refractivity contribution in [2.75, 3.05) is 0 Å². The number of rotatable bonds is 3. The predicted molar refractivity (Wildman–Crippen MR) is 64.7 cm³/mol. The van der Waals surface area contributed by atoms with Crippen molar-refractivity contribution in [1.29, 1.82) is 0 Å². The maximum atomic E-state index is 5.74. The van der Waals surface area contributed by atoms with Crippen LogP contribution in [0.2, 0.25) is 0 Å². The highest BCUT2D eigenvalue weighted by Gasteiger charge is 2.29. The second-order valence-corrected chi connectivity index (χ2v) is 4.90. The summed E-state index contributed by atoms with van der Waals surface area (Å²) in [6.45, 7) is 4.19. The van der Waals surface area contributed by atoms with E-state index in [9.17, 15) is 0 Å². The fourth-order valence-electron chi connectivity index (χ4n) is 2.99. The van der Waals surface area contributed by atoms with Crippen LogP contribution >= 0.6 is 0 Å². The Labute approximate surface area is 97.2 Å². The Bertz CT molecular complexity index is 363. The smallest absolute Gasteiger partial charge is 0.0644 e. The van der Waals surface area contributed by atoms with Gasteiger partial charge in [0.1, 0.15) is 0 Å². The number of hydrazine groups is 1. The SMILES string of the molecule is Cc1nn(C)c(C)c1C(NN)C1CCCC1. The molecule has 2 rings (SSSR count). The van der Waals surface area contributed by atoms with Crippen molar-refractivity contribution in [2.24, 2.45) is 18.8 Å². The monoisotopic (exact) mass is 222 g/mol. The van der Waals surface area contributed by atoms with Gasteiger partial charge in [0.05, 0.1) is 11.7 Å². The Balaban J connectivity index is 2.32. The largest absolute Gasteiger partial charge is 0.272 e. The van der Waals surface area contributed by atoms with E-state index < -0.39 is 0 Å². The van der Waals surface area contributed by atoms with Gasteiger partial charge < -0.3 is 0 Å². The summed E-state index contributed by atoms with van der Waals surface area (Å²) in [5.74, 6) is 6.42. The summed E-state index contributed by atoms with van der Waals surface area (Å²) in [4.78, 5) is 0. The number of nitrogens with zero attached hydrogens (tertiary/aromatic N) is 2. The van der Waals surface area contributed by atoms with E-state index in [-0.39, 0.29) is 6.04 Å². The molecule has 1 unspecified atom stereocenters. The van der Waals surface area contributed by atoms with Crippen molar-refractivity contribution in [3.8, 4) is 0 Å². The molecule has 3 N–H and O–H groups in total. The first kappa shape index (κ1) is 11.6. The molecule has 1 aliphatic carbocycles. The summed E-state index contributed by atoms with van der Waals surface area (Å²) < 4.78 is 1.95. The van der Waals surface area contributed by atoms with Crippen LogP contribution in [0.4, 0.5) is 0 Å². The van der Waals surface area contributed by atoms with Crippen LogP contribution < -0.4 is 11.3 Å². The quantitative estimate of drug-likeness (QED) is 0.605. The lowest BCUT2D eigenvalue weighted by Gasteiger charge is -2.23. The highest BCUT2D eigenvalue weighted by Crippen LogP contribution is 2.37. The number of aromatic nitrogens is 2. The van der Waals surface area contributed by atoms with E-state index in [1.54, 1.807) is 0 Å². The summed E-state index contributed by atoms with van der Waals surface area (Å²) in [5.41, 5.74) is 6.64. The summed E-state index contributed by atoms with van der Waals surface area (Å²) in [6, 6.07) is 0.274. The molecule has 0 radical (unpaired) electrons. The first-order valence-corrected chi connectivity index (χ1v) is 6.11. The highest BCUT2D eigenvalue weighted by atomic mass is 15.3. The molecule has 0 aromatic carbocycles. The molecule has 4 heteroatoms. The highest BCUT2D eigenvalue weighted by molar-refractivity contribution is 5.28. The Morgan fingerprint density at radius 2 is 2.00 bits per heavy atom. The van der Waals surface area contributed by atoms with Gasteiger partial charge in [-0.3, -0.25) is 16.0 Å². The molecule has 1 atom stereocenters. The van der Waals surface area contributed by atoms with E-state index in [2.05, 4.69) is 24.4 Å². The standard InChI is InChI=1S/C12H22N4/c1-8-11(9(2)16(3)15-8)12(14-13)10-6-4-5-7-10/h10,12,14H,4-7,13H2,1-3H3. The van der Waals surface area contributed by atoms with E-state index in [0.29, 0.717) is 5.92 Å². The van der Waals surface area contributed by atoms with Crippen LogP contribution in [-0.4, -0.2) is 9.78 Å². The molecular formula is C12H22N4. The number of aryl methyl sites for hydroxylation is 2. The van der Waals surface area contributed by atoms with E-state index in [0.717, 1.165) is 5.69 Å². The van der Waals surface area contributed by atoms with Gasteiger partial charge >= 0.3 is 0 Å². The van der Waals surface area contributed by atoms with Crippen molar-refractivity contribution < 1.29 is 0 Å². The van der Waals surface area contributed by atoms with Crippen molar-refractivity contribution in [1.82, 2.24) is 15.2 Å². The molecule has 16 heavy (non-hydrogen) atoms. The molecule has 90 valence electrons. The van der Waals surface area contributed by atoms with Gasteiger partial charge in [-0.2, -0.15) is 5.10 Å². The lowest BCUT2D eigenvalue weighted by molar-refractivity contribution is 0.371. The zero-order valence-electron chi connectivity index (χ0n) is 10.5. The number of nitrogens with two attached hydrogens (primary N) is 1. The minimum atomic E-state index is 0.274. The summed E-state index contributed by atoms with van der Waals surface area (Å²) >= 11 is 0. The maximum absolute atomic E-state index is 5.74. The minimum absolute atomic E-state index is 0.274.